The molecule has 2 aliphatic heterocycles. The van der Waals surface area contributed by atoms with Crippen LogP contribution < -0.4 is 10.1 Å². The van der Waals surface area contributed by atoms with Gasteiger partial charge in [-0.05, 0) is 36.1 Å². The number of halogens is 1. The SMILES string of the molecule is OC/C=C/c1cnc2c(c1)CCC2Nc1nc2nc(O[C@@H]3CO[C@H]4[C@@H]3OC[C@H]4O)[nH]c2cc1Cl. The monoisotopic (exact) mass is 485 g/mol. The van der Waals surface area contributed by atoms with Gasteiger partial charge in [-0.2, -0.15) is 4.98 Å². The Bertz CT molecular complexity index is 1250. The zero-order chi connectivity index (χ0) is 23.2. The van der Waals surface area contributed by atoms with Crippen molar-refractivity contribution in [3.8, 4) is 6.01 Å². The van der Waals surface area contributed by atoms with E-state index in [1.807, 2.05) is 6.08 Å². The maximum absolute atomic E-state index is 9.91. The molecule has 11 heteroatoms. The third-order valence-corrected chi connectivity index (χ3v) is 6.72. The number of hydrogen-bond donors (Lipinski definition) is 4. The number of pyridine rings is 2. The van der Waals surface area contributed by atoms with Gasteiger partial charge < -0.3 is 34.7 Å². The average molecular weight is 486 g/mol. The lowest BCUT2D eigenvalue weighted by Crippen LogP contribution is -2.34. The highest BCUT2D eigenvalue weighted by molar-refractivity contribution is 6.33. The molecule has 5 heterocycles. The summed E-state index contributed by atoms with van der Waals surface area (Å²) in [6, 6.07) is 4.14. The first-order valence-electron chi connectivity index (χ1n) is 11.3. The molecule has 1 unspecified atom stereocenters. The van der Waals surface area contributed by atoms with Gasteiger partial charge in [0.2, 0.25) is 0 Å². The fraction of sp³-hybridized carbons (Fsp3) is 0.435. The first-order chi connectivity index (χ1) is 16.6. The van der Waals surface area contributed by atoms with E-state index in [2.05, 4.69) is 31.3 Å². The molecular formula is C23H24ClN5O5. The van der Waals surface area contributed by atoms with Crippen LogP contribution in [0.5, 0.6) is 6.01 Å². The van der Waals surface area contributed by atoms with Crippen molar-refractivity contribution in [2.45, 2.75) is 43.3 Å². The van der Waals surface area contributed by atoms with Crippen LogP contribution in [0.2, 0.25) is 5.02 Å². The summed E-state index contributed by atoms with van der Waals surface area (Å²) in [5, 5.41) is 22.8. The molecule has 0 aromatic carbocycles. The van der Waals surface area contributed by atoms with Gasteiger partial charge in [0.05, 0.1) is 42.1 Å². The van der Waals surface area contributed by atoms with E-state index in [1.54, 1.807) is 18.3 Å². The van der Waals surface area contributed by atoms with Gasteiger partial charge >= 0.3 is 0 Å². The van der Waals surface area contributed by atoms with Crippen molar-refractivity contribution in [1.82, 2.24) is 19.9 Å². The Morgan fingerprint density at radius 2 is 2.12 bits per heavy atom. The molecule has 10 nitrogen and oxygen atoms in total. The average Bonchev–Trinajstić information content (AvgIpc) is 3.59. The van der Waals surface area contributed by atoms with Crippen molar-refractivity contribution in [2.75, 3.05) is 25.1 Å². The maximum Gasteiger partial charge on any atom is 0.296 e. The highest BCUT2D eigenvalue weighted by atomic mass is 35.5. The van der Waals surface area contributed by atoms with E-state index in [-0.39, 0.29) is 37.6 Å². The third-order valence-electron chi connectivity index (χ3n) is 6.43. The number of fused-ring (bicyclic) bond motifs is 3. The molecule has 0 saturated carbocycles. The van der Waals surface area contributed by atoms with Gasteiger partial charge in [0.1, 0.15) is 24.1 Å². The lowest BCUT2D eigenvalue weighted by atomic mass is 10.1. The van der Waals surface area contributed by atoms with E-state index in [0.717, 1.165) is 24.1 Å². The van der Waals surface area contributed by atoms with Crippen LogP contribution in [0.3, 0.4) is 0 Å². The normalized spacial score (nSPS) is 28.0. The number of anilines is 1. The number of nitrogens with one attached hydrogen (secondary N) is 2. The summed E-state index contributed by atoms with van der Waals surface area (Å²) < 4.78 is 17.2. The second-order valence-electron chi connectivity index (χ2n) is 8.69. The molecule has 2 saturated heterocycles. The van der Waals surface area contributed by atoms with E-state index in [4.69, 9.17) is 30.9 Å². The predicted molar refractivity (Wildman–Crippen MR) is 124 cm³/mol. The predicted octanol–water partition coefficient (Wildman–Crippen LogP) is 2.02. The number of aliphatic hydroxyl groups is 2. The molecule has 0 amide bonds. The Balaban J connectivity index is 1.19. The molecule has 178 valence electrons. The first kappa shape index (κ1) is 21.8. The van der Waals surface area contributed by atoms with Crippen molar-refractivity contribution in [1.29, 1.82) is 0 Å². The number of imidazole rings is 1. The summed E-state index contributed by atoms with van der Waals surface area (Å²) >= 11 is 6.53. The molecule has 0 radical (unpaired) electrons. The molecule has 2 fully saturated rings. The van der Waals surface area contributed by atoms with Crippen LogP contribution in [0.1, 0.15) is 29.3 Å². The number of hydrogen-bond acceptors (Lipinski definition) is 9. The molecule has 1 aliphatic carbocycles. The van der Waals surface area contributed by atoms with E-state index < -0.39 is 6.10 Å². The van der Waals surface area contributed by atoms with Crippen LogP contribution in [0.15, 0.2) is 24.4 Å². The van der Waals surface area contributed by atoms with Gasteiger partial charge in [-0.3, -0.25) is 4.98 Å². The number of aromatic nitrogens is 4. The Hall–Kier alpha value is -2.76. The number of aliphatic hydroxyl groups excluding tert-OH is 2. The van der Waals surface area contributed by atoms with Gasteiger partial charge in [0.25, 0.3) is 6.01 Å². The summed E-state index contributed by atoms with van der Waals surface area (Å²) in [7, 11) is 0. The van der Waals surface area contributed by atoms with E-state index >= 15 is 0 Å². The smallest absolute Gasteiger partial charge is 0.296 e. The lowest BCUT2D eigenvalue weighted by Gasteiger charge is -2.15. The molecule has 3 aromatic heterocycles. The molecule has 5 atom stereocenters. The molecule has 6 rings (SSSR count). The van der Waals surface area contributed by atoms with Gasteiger partial charge in [0.15, 0.2) is 11.8 Å². The summed E-state index contributed by atoms with van der Waals surface area (Å²) in [6.45, 7) is 0.553. The summed E-state index contributed by atoms with van der Waals surface area (Å²) in [6.07, 6.45) is 5.41. The van der Waals surface area contributed by atoms with E-state index in [9.17, 15) is 5.11 Å². The Morgan fingerprint density at radius 1 is 1.24 bits per heavy atom. The number of ether oxygens (including phenoxy) is 3. The number of nitrogens with zero attached hydrogens (tertiary/aromatic N) is 3. The van der Waals surface area contributed by atoms with Crippen LogP contribution >= 0.6 is 11.6 Å². The Morgan fingerprint density at radius 3 is 3.00 bits per heavy atom. The number of H-pyrrole nitrogens is 1. The zero-order valence-corrected chi connectivity index (χ0v) is 18.9. The minimum Gasteiger partial charge on any atom is -0.456 e. The molecule has 0 bridgehead atoms. The first-order valence-corrected chi connectivity index (χ1v) is 11.6. The topological polar surface area (TPSA) is 135 Å². The molecule has 0 spiro atoms. The van der Waals surface area contributed by atoms with Crippen LogP contribution in [0.25, 0.3) is 17.2 Å². The molecule has 34 heavy (non-hydrogen) atoms. The second kappa shape index (κ2) is 8.79. The third kappa shape index (κ3) is 3.91. The molecule has 3 aromatic rings. The minimum absolute atomic E-state index is 0.000290. The minimum atomic E-state index is -0.637. The Labute approximate surface area is 199 Å². The highest BCUT2D eigenvalue weighted by Gasteiger charge is 2.48. The van der Waals surface area contributed by atoms with Crippen LogP contribution in [0.4, 0.5) is 5.82 Å². The Kier molecular flexibility index (Phi) is 5.62. The van der Waals surface area contributed by atoms with Crippen molar-refractivity contribution >= 4 is 34.7 Å². The van der Waals surface area contributed by atoms with Crippen LogP contribution in [-0.2, 0) is 15.9 Å². The van der Waals surface area contributed by atoms with Gasteiger partial charge in [0, 0.05) is 6.20 Å². The van der Waals surface area contributed by atoms with E-state index in [0.29, 0.717) is 34.6 Å². The fourth-order valence-corrected chi connectivity index (χ4v) is 5.02. The molecule has 3 aliphatic rings. The second-order valence-corrected chi connectivity index (χ2v) is 9.09. The molecule has 4 N–H and O–H groups in total. The van der Waals surface area contributed by atoms with Crippen molar-refractivity contribution < 1.29 is 24.4 Å². The number of rotatable bonds is 6. The van der Waals surface area contributed by atoms with Crippen molar-refractivity contribution in [3.05, 3.63) is 46.2 Å². The van der Waals surface area contributed by atoms with Gasteiger partial charge in [-0.15, -0.1) is 0 Å². The lowest BCUT2D eigenvalue weighted by molar-refractivity contribution is 0.00706. The van der Waals surface area contributed by atoms with Gasteiger partial charge in [-0.1, -0.05) is 23.8 Å². The summed E-state index contributed by atoms with van der Waals surface area (Å²) in [5.41, 5.74) is 4.23. The van der Waals surface area contributed by atoms with Crippen molar-refractivity contribution in [3.63, 3.8) is 0 Å². The summed E-state index contributed by atoms with van der Waals surface area (Å²) in [5.74, 6) is 0.530. The van der Waals surface area contributed by atoms with Crippen LogP contribution in [0, 0.1) is 0 Å². The van der Waals surface area contributed by atoms with Crippen molar-refractivity contribution in [2.24, 2.45) is 0 Å². The fourth-order valence-electron chi connectivity index (χ4n) is 4.82. The maximum atomic E-state index is 9.91. The standard InChI is InChI=1S/C23H24ClN5O5/c24-13-7-15-22(29-23(27-15)34-17-10-33-19-16(31)9-32-20(17)19)28-21(13)26-14-4-3-12-6-11(2-1-5-30)8-25-18(12)14/h1-2,6-8,14,16-17,19-20,30-31H,3-5,9-10H2,(H2,26,27,28,29)/b2-1+/t14?,16-,17-,19-,20-/m1/s1. The quantitative estimate of drug-likeness (QED) is 0.413. The highest BCUT2D eigenvalue weighted by Crippen LogP contribution is 2.35. The molecular weight excluding hydrogens is 462 g/mol. The van der Waals surface area contributed by atoms with Crippen LogP contribution in [-0.4, -0.2) is 74.4 Å². The largest absolute Gasteiger partial charge is 0.456 e. The number of aromatic amines is 1. The zero-order valence-electron chi connectivity index (χ0n) is 18.1. The van der Waals surface area contributed by atoms with Gasteiger partial charge in [-0.25, -0.2) is 4.98 Å². The summed E-state index contributed by atoms with van der Waals surface area (Å²) in [4.78, 5) is 16.8. The van der Waals surface area contributed by atoms with E-state index in [1.165, 1.54) is 5.56 Å². The number of aryl methyl sites for hydroxylation is 1.